The third kappa shape index (κ3) is 3.41. The van der Waals surface area contributed by atoms with Crippen LogP contribution in [0.4, 0.5) is 22.7 Å². The number of fused-ring (bicyclic) bond motifs is 2. The van der Waals surface area contributed by atoms with Crippen LogP contribution in [0.1, 0.15) is 52.6 Å². The molecule has 4 N–H and O–H groups in total. The number of carbonyl (C=O) groups is 4. The topological polar surface area (TPSA) is 174 Å². The third-order valence-electron chi connectivity index (χ3n) is 6.87. The number of rotatable bonds is 3. The average molecular weight is 524 g/mol. The quantitative estimate of drug-likeness (QED) is 0.300. The number of imide groups is 2. The van der Waals surface area contributed by atoms with E-state index < -0.39 is 23.6 Å². The summed E-state index contributed by atoms with van der Waals surface area (Å²) in [5.41, 5.74) is 14.1. The molecule has 4 aromatic carbocycles. The van der Waals surface area contributed by atoms with Crippen LogP contribution in [0.2, 0.25) is 0 Å². The number of carbonyl (C=O) groups excluding carboxylic acids is 4. The van der Waals surface area contributed by atoms with Crippen molar-refractivity contribution in [1.82, 2.24) is 0 Å². The minimum absolute atomic E-state index is 0.0619. The van der Waals surface area contributed by atoms with Crippen LogP contribution in [-0.2, 0) is 0 Å². The zero-order valence-corrected chi connectivity index (χ0v) is 20.5. The van der Waals surface area contributed by atoms with Gasteiger partial charge in [0.25, 0.3) is 23.6 Å². The molecule has 10 heteroatoms. The van der Waals surface area contributed by atoms with Gasteiger partial charge in [-0.15, -0.1) is 0 Å². The van der Waals surface area contributed by atoms with E-state index >= 15 is 0 Å². The summed E-state index contributed by atoms with van der Waals surface area (Å²) < 4.78 is 0. The number of amides is 4. The molecule has 0 radical (unpaired) electrons. The van der Waals surface area contributed by atoms with Gasteiger partial charge in [0.2, 0.25) is 0 Å². The predicted octanol–water partition coefficient (Wildman–Crippen LogP) is 3.86. The summed E-state index contributed by atoms with van der Waals surface area (Å²) in [6.45, 7) is 0. The van der Waals surface area contributed by atoms with Gasteiger partial charge >= 0.3 is 0 Å². The molecule has 0 aliphatic carbocycles. The zero-order chi connectivity index (χ0) is 28.3. The Morgan fingerprint density at radius 1 is 0.500 bits per heavy atom. The standard InChI is InChI=1S/C30H16N6O4/c31-13-17-3-1-15(9-25(17)35-27(37)21-7-5-19(33)11-23(21)29(35)39)16-2-4-18(14-32)26(10-16)36-28(38)22-8-6-20(34)12-24(22)30(36)40/h1-12H,33-34H2. The highest BCUT2D eigenvalue weighted by molar-refractivity contribution is 6.36. The molecule has 0 fully saturated rings. The smallest absolute Gasteiger partial charge is 0.266 e. The van der Waals surface area contributed by atoms with Gasteiger partial charge < -0.3 is 11.5 Å². The lowest BCUT2D eigenvalue weighted by atomic mass is 9.99. The maximum absolute atomic E-state index is 13.2. The SMILES string of the molecule is N#Cc1ccc(-c2ccc(C#N)c(N3C(=O)c4ccc(N)cc4C3=O)c2)cc1N1C(=O)c2ccc(N)cc2C1=O. The van der Waals surface area contributed by atoms with Crippen LogP contribution in [-0.4, -0.2) is 23.6 Å². The van der Waals surface area contributed by atoms with Crippen molar-refractivity contribution in [3.8, 4) is 23.3 Å². The molecule has 0 aromatic heterocycles. The first-order valence-corrected chi connectivity index (χ1v) is 11.9. The maximum Gasteiger partial charge on any atom is 0.266 e. The first kappa shape index (κ1) is 24.1. The number of nitrogens with zero attached hydrogens (tertiary/aromatic N) is 4. The Bertz CT molecular complexity index is 1810. The molecule has 0 unspecified atom stereocenters. The number of hydrogen-bond donors (Lipinski definition) is 2. The van der Waals surface area contributed by atoms with E-state index in [-0.39, 0.29) is 44.8 Å². The second-order valence-electron chi connectivity index (χ2n) is 9.19. The molecular weight excluding hydrogens is 508 g/mol. The first-order valence-electron chi connectivity index (χ1n) is 11.9. The van der Waals surface area contributed by atoms with Gasteiger partial charge in [-0.1, -0.05) is 12.1 Å². The molecule has 2 heterocycles. The lowest BCUT2D eigenvalue weighted by Crippen LogP contribution is -2.30. The van der Waals surface area contributed by atoms with E-state index in [9.17, 15) is 29.7 Å². The van der Waals surface area contributed by atoms with Gasteiger partial charge in [0, 0.05) is 11.4 Å². The zero-order valence-electron chi connectivity index (χ0n) is 20.5. The maximum atomic E-state index is 13.2. The van der Waals surface area contributed by atoms with Crippen LogP contribution in [0.3, 0.4) is 0 Å². The summed E-state index contributed by atoms with van der Waals surface area (Å²) in [5, 5.41) is 19.5. The molecule has 0 bridgehead atoms. The van der Waals surface area contributed by atoms with Crippen LogP contribution >= 0.6 is 0 Å². The van der Waals surface area contributed by atoms with Crippen molar-refractivity contribution in [2.45, 2.75) is 0 Å². The van der Waals surface area contributed by atoms with Crippen LogP contribution in [0.15, 0.2) is 72.8 Å². The fraction of sp³-hybridized carbons (Fsp3) is 0. The largest absolute Gasteiger partial charge is 0.399 e. The highest BCUT2D eigenvalue weighted by Gasteiger charge is 2.39. The second kappa shape index (κ2) is 8.65. The van der Waals surface area contributed by atoms with Gasteiger partial charge in [0.05, 0.1) is 44.8 Å². The summed E-state index contributed by atoms with van der Waals surface area (Å²) >= 11 is 0. The summed E-state index contributed by atoms with van der Waals surface area (Å²) in [6.07, 6.45) is 0. The Hall–Kier alpha value is -6.26. The van der Waals surface area contributed by atoms with Crippen molar-refractivity contribution >= 4 is 46.4 Å². The average Bonchev–Trinajstić information content (AvgIpc) is 3.35. The van der Waals surface area contributed by atoms with Gasteiger partial charge in [-0.2, -0.15) is 10.5 Å². The number of nitrogen functional groups attached to an aromatic ring is 2. The molecule has 0 saturated heterocycles. The summed E-state index contributed by atoms with van der Waals surface area (Å²) in [5.74, 6) is -2.43. The van der Waals surface area contributed by atoms with Crippen LogP contribution < -0.4 is 21.3 Å². The van der Waals surface area contributed by atoms with E-state index in [1.165, 1.54) is 60.7 Å². The molecule has 10 nitrogen and oxygen atoms in total. The Kier molecular flexibility index (Phi) is 5.21. The van der Waals surface area contributed by atoms with E-state index in [0.717, 1.165) is 9.80 Å². The number of nitriles is 2. The predicted molar refractivity (Wildman–Crippen MR) is 145 cm³/mol. The number of nitrogens with two attached hydrogens (primary N) is 2. The normalized spacial score (nSPS) is 13.8. The summed E-state index contributed by atoms with van der Waals surface area (Å²) in [6, 6.07) is 21.9. The monoisotopic (exact) mass is 524 g/mol. The van der Waals surface area contributed by atoms with Crippen molar-refractivity contribution in [3.05, 3.63) is 106 Å². The van der Waals surface area contributed by atoms with Crippen molar-refractivity contribution < 1.29 is 19.2 Å². The Labute approximate surface area is 226 Å². The highest BCUT2D eigenvalue weighted by Crippen LogP contribution is 2.38. The number of anilines is 4. The highest BCUT2D eigenvalue weighted by atomic mass is 16.2. The Morgan fingerprint density at radius 3 is 1.25 bits per heavy atom. The molecule has 0 atom stereocenters. The van der Waals surface area contributed by atoms with Crippen molar-refractivity contribution in [1.29, 1.82) is 10.5 Å². The minimum Gasteiger partial charge on any atom is -0.399 e. The van der Waals surface area contributed by atoms with Gasteiger partial charge in [-0.3, -0.25) is 19.2 Å². The fourth-order valence-corrected chi connectivity index (χ4v) is 4.94. The van der Waals surface area contributed by atoms with Crippen molar-refractivity contribution in [2.75, 3.05) is 21.3 Å². The first-order chi connectivity index (χ1) is 19.2. The lowest BCUT2D eigenvalue weighted by molar-refractivity contribution is 0.0910. The molecule has 190 valence electrons. The van der Waals surface area contributed by atoms with E-state index in [1.54, 1.807) is 12.1 Å². The molecule has 6 rings (SSSR count). The molecule has 2 aliphatic rings. The van der Waals surface area contributed by atoms with Crippen LogP contribution in [0.5, 0.6) is 0 Å². The molecular formula is C30H16N6O4. The van der Waals surface area contributed by atoms with E-state index in [2.05, 4.69) is 0 Å². The molecule has 4 amide bonds. The third-order valence-corrected chi connectivity index (χ3v) is 6.87. The van der Waals surface area contributed by atoms with E-state index in [4.69, 9.17) is 11.5 Å². The number of hydrogen-bond acceptors (Lipinski definition) is 8. The van der Waals surface area contributed by atoms with Gasteiger partial charge in [0.1, 0.15) is 12.1 Å². The minimum atomic E-state index is -0.619. The number of benzene rings is 4. The van der Waals surface area contributed by atoms with Crippen molar-refractivity contribution in [3.63, 3.8) is 0 Å². The van der Waals surface area contributed by atoms with E-state index in [1.807, 2.05) is 12.1 Å². The van der Waals surface area contributed by atoms with Gasteiger partial charge in [-0.05, 0) is 71.8 Å². The molecule has 40 heavy (non-hydrogen) atoms. The summed E-state index contributed by atoms with van der Waals surface area (Å²) in [7, 11) is 0. The molecule has 0 saturated carbocycles. The van der Waals surface area contributed by atoms with Crippen LogP contribution in [0, 0.1) is 22.7 Å². The molecule has 0 spiro atoms. The molecule has 4 aromatic rings. The summed E-state index contributed by atoms with van der Waals surface area (Å²) in [4.78, 5) is 54.6. The fourth-order valence-electron chi connectivity index (χ4n) is 4.94. The Morgan fingerprint density at radius 2 is 0.875 bits per heavy atom. The van der Waals surface area contributed by atoms with Gasteiger partial charge in [0.15, 0.2) is 0 Å². The van der Waals surface area contributed by atoms with Crippen molar-refractivity contribution in [2.24, 2.45) is 0 Å². The molecule has 2 aliphatic heterocycles. The second-order valence-corrected chi connectivity index (χ2v) is 9.19. The Balaban J connectivity index is 1.46. The van der Waals surface area contributed by atoms with Gasteiger partial charge in [-0.25, -0.2) is 9.80 Å². The van der Waals surface area contributed by atoms with Crippen LogP contribution in [0.25, 0.3) is 11.1 Å². The lowest BCUT2D eigenvalue weighted by Gasteiger charge is -2.19. The van der Waals surface area contributed by atoms with E-state index in [0.29, 0.717) is 22.5 Å².